The molecule has 5 heteroatoms. The number of hydrogen-bond donors (Lipinski definition) is 1. The van der Waals surface area contributed by atoms with E-state index in [1.807, 2.05) is 20.8 Å². The predicted octanol–water partition coefficient (Wildman–Crippen LogP) is 1.45. The minimum atomic E-state index is -0.462. The lowest BCUT2D eigenvalue weighted by atomic mass is 10.0. The van der Waals surface area contributed by atoms with E-state index >= 15 is 0 Å². The minimum Gasteiger partial charge on any atom is -0.444 e. The Morgan fingerprint density at radius 1 is 1.21 bits per heavy atom. The number of likely N-dealkylation sites (tertiary alicyclic amines) is 2. The fourth-order valence-corrected chi connectivity index (χ4v) is 2.84. The van der Waals surface area contributed by atoms with Crippen LogP contribution in [-0.4, -0.2) is 64.9 Å². The molecule has 19 heavy (non-hydrogen) atoms. The van der Waals surface area contributed by atoms with Crippen molar-refractivity contribution in [3.05, 3.63) is 0 Å². The Labute approximate surface area is 115 Å². The normalized spacial score (nSPS) is 29.6. The van der Waals surface area contributed by atoms with Gasteiger partial charge in [0.1, 0.15) is 5.60 Å². The highest BCUT2D eigenvalue weighted by atomic mass is 16.6. The van der Waals surface area contributed by atoms with E-state index in [9.17, 15) is 9.90 Å². The number of rotatable bonds is 1. The number of aliphatic hydroxyl groups excluding tert-OH is 1. The van der Waals surface area contributed by atoms with Gasteiger partial charge in [-0.1, -0.05) is 0 Å². The van der Waals surface area contributed by atoms with Crippen molar-refractivity contribution in [2.75, 3.05) is 26.2 Å². The Bertz CT molecular complexity index is 321. The van der Waals surface area contributed by atoms with Crippen LogP contribution in [0.15, 0.2) is 0 Å². The molecule has 1 N–H and O–H groups in total. The Kier molecular flexibility index (Phi) is 4.36. The number of piperidine rings is 1. The van der Waals surface area contributed by atoms with E-state index in [-0.39, 0.29) is 18.2 Å². The van der Waals surface area contributed by atoms with Crippen LogP contribution >= 0.6 is 0 Å². The SMILES string of the molecule is CC(C)(C)OC(=O)N1CC[C@H](O)[C@@H](N2CCCC2)C1. The quantitative estimate of drug-likeness (QED) is 0.783. The van der Waals surface area contributed by atoms with Gasteiger partial charge in [-0.2, -0.15) is 0 Å². The first-order chi connectivity index (χ1) is 8.87. The molecular weight excluding hydrogens is 244 g/mol. The van der Waals surface area contributed by atoms with Crippen LogP contribution < -0.4 is 0 Å². The van der Waals surface area contributed by atoms with Gasteiger partial charge < -0.3 is 14.7 Å². The summed E-state index contributed by atoms with van der Waals surface area (Å²) in [6.07, 6.45) is 2.44. The molecule has 110 valence electrons. The largest absolute Gasteiger partial charge is 0.444 e. The van der Waals surface area contributed by atoms with E-state index < -0.39 is 5.60 Å². The van der Waals surface area contributed by atoms with Crippen LogP contribution in [0.4, 0.5) is 4.79 Å². The standard InChI is InChI=1S/C14H26N2O3/c1-14(2,3)19-13(18)16-9-6-12(17)11(10-16)15-7-4-5-8-15/h11-12,17H,4-10H2,1-3H3/t11-,12-/m0/s1. The van der Waals surface area contributed by atoms with Crippen LogP contribution in [0, 0.1) is 0 Å². The van der Waals surface area contributed by atoms with Crippen LogP contribution in [0.2, 0.25) is 0 Å². The summed E-state index contributed by atoms with van der Waals surface area (Å²) in [7, 11) is 0. The average molecular weight is 270 g/mol. The third kappa shape index (κ3) is 3.83. The molecule has 2 saturated heterocycles. The van der Waals surface area contributed by atoms with Gasteiger partial charge in [-0.05, 0) is 53.1 Å². The number of hydrogen-bond acceptors (Lipinski definition) is 4. The fourth-order valence-electron chi connectivity index (χ4n) is 2.84. The molecule has 0 aromatic heterocycles. The molecule has 1 amide bonds. The molecule has 0 radical (unpaired) electrons. The summed E-state index contributed by atoms with van der Waals surface area (Å²) in [4.78, 5) is 16.1. The maximum atomic E-state index is 12.1. The lowest BCUT2D eigenvalue weighted by Crippen LogP contribution is -2.56. The highest BCUT2D eigenvalue weighted by Gasteiger charge is 2.36. The van der Waals surface area contributed by atoms with Crippen LogP contribution in [0.5, 0.6) is 0 Å². The number of carbonyl (C=O) groups excluding carboxylic acids is 1. The first-order valence-electron chi connectivity index (χ1n) is 7.27. The van der Waals surface area contributed by atoms with Crippen LogP contribution in [0.1, 0.15) is 40.0 Å². The van der Waals surface area contributed by atoms with Crippen molar-refractivity contribution >= 4 is 6.09 Å². The van der Waals surface area contributed by atoms with E-state index in [2.05, 4.69) is 4.90 Å². The summed E-state index contributed by atoms with van der Waals surface area (Å²) in [5.74, 6) is 0. The molecule has 0 spiro atoms. The second kappa shape index (κ2) is 5.67. The second-order valence-corrected chi connectivity index (χ2v) is 6.59. The molecule has 0 bridgehead atoms. The molecule has 2 aliphatic heterocycles. The van der Waals surface area contributed by atoms with E-state index in [1.54, 1.807) is 4.90 Å². The van der Waals surface area contributed by atoms with Crippen molar-refractivity contribution in [3.8, 4) is 0 Å². The Balaban J connectivity index is 1.94. The number of nitrogens with zero attached hydrogens (tertiary/aromatic N) is 2. The highest BCUT2D eigenvalue weighted by Crippen LogP contribution is 2.22. The third-order valence-corrected chi connectivity index (χ3v) is 3.81. The molecule has 2 rings (SSSR count). The molecule has 0 aliphatic carbocycles. The Hall–Kier alpha value is -0.810. The molecule has 2 atom stereocenters. The first kappa shape index (κ1) is 14.6. The van der Waals surface area contributed by atoms with Gasteiger partial charge >= 0.3 is 6.09 Å². The summed E-state index contributed by atoms with van der Waals surface area (Å²) in [5, 5.41) is 10.1. The number of carbonyl (C=O) groups is 1. The number of amides is 1. The monoisotopic (exact) mass is 270 g/mol. The summed E-state index contributed by atoms with van der Waals surface area (Å²) in [6.45, 7) is 8.86. The van der Waals surface area contributed by atoms with Crippen molar-refractivity contribution in [1.29, 1.82) is 0 Å². The molecule has 0 saturated carbocycles. The van der Waals surface area contributed by atoms with Gasteiger partial charge in [0.2, 0.25) is 0 Å². The van der Waals surface area contributed by atoms with Gasteiger partial charge in [-0.3, -0.25) is 4.90 Å². The molecule has 0 aromatic rings. The lowest BCUT2D eigenvalue weighted by Gasteiger charge is -2.40. The van der Waals surface area contributed by atoms with Gasteiger partial charge in [-0.25, -0.2) is 4.79 Å². The summed E-state index contributed by atoms with van der Waals surface area (Å²) in [5.41, 5.74) is -0.462. The van der Waals surface area contributed by atoms with Crippen LogP contribution in [0.25, 0.3) is 0 Å². The van der Waals surface area contributed by atoms with Crippen molar-refractivity contribution in [3.63, 3.8) is 0 Å². The molecule has 0 unspecified atom stereocenters. The smallest absolute Gasteiger partial charge is 0.410 e. The predicted molar refractivity (Wildman–Crippen MR) is 73.0 cm³/mol. The Morgan fingerprint density at radius 2 is 1.84 bits per heavy atom. The van der Waals surface area contributed by atoms with Crippen LogP contribution in [-0.2, 0) is 4.74 Å². The lowest BCUT2D eigenvalue weighted by molar-refractivity contribution is -0.0221. The molecule has 5 nitrogen and oxygen atoms in total. The average Bonchev–Trinajstić information content (AvgIpc) is 2.80. The zero-order valence-electron chi connectivity index (χ0n) is 12.3. The number of aliphatic hydroxyl groups is 1. The maximum absolute atomic E-state index is 12.1. The molecule has 2 aliphatic rings. The van der Waals surface area contributed by atoms with Gasteiger partial charge in [0.25, 0.3) is 0 Å². The Morgan fingerprint density at radius 3 is 2.42 bits per heavy atom. The van der Waals surface area contributed by atoms with Gasteiger partial charge in [0.15, 0.2) is 0 Å². The summed E-state index contributed by atoms with van der Waals surface area (Å²) < 4.78 is 5.41. The van der Waals surface area contributed by atoms with Gasteiger partial charge in [0.05, 0.1) is 12.1 Å². The van der Waals surface area contributed by atoms with Crippen molar-refractivity contribution in [2.45, 2.75) is 57.8 Å². The van der Waals surface area contributed by atoms with E-state index in [0.717, 1.165) is 13.1 Å². The van der Waals surface area contributed by atoms with Gasteiger partial charge in [0, 0.05) is 13.1 Å². The molecule has 2 fully saturated rings. The highest BCUT2D eigenvalue weighted by molar-refractivity contribution is 5.68. The molecular formula is C14H26N2O3. The topological polar surface area (TPSA) is 53.0 Å². The molecule has 2 heterocycles. The maximum Gasteiger partial charge on any atom is 0.410 e. The van der Waals surface area contributed by atoms with Crippen molar-refractivity contribution in [2.24, 2.45) is 0 Å². The third-order valence-electron chi connectivity index (χ3n) is 3.81. The fraction of sp³-hybridized carbons (Fsp3) is 0.929. The zero-order chi connectivity index (χ0) is 14.0. The molecule has 0 aromatic carbocycles. The first-order valence-corrected chi connectivity index (χ1v) is 7.27. The minimum absolute atomic E-state index is 0.0729. The zero-order valence-corrected chi connectivity index (χ0v) is 12.3. The summed E-state index contributed by atoms with van der Waals surface area (Å²) >= 11 is 0. The van der Waals surface area contributed by atoms with Crippen LogP contribution in [0.3, 0.4) is 0 Å². The number of ether oxygens (including phenoxy) is 1. The van der Waals surface area contributed by atoms with Gasteiger partial charge in [-0.15, -0.1) is 0 Å². The van der Waals surface area contributed by atoms with E-state index in [0.29, 0.717) is 19.5 Å². The van der Waals surface area contributed by atoms with Crippen molar-refractivity contribution < 1.29 is 14.6 Å². The summed E-state index contributed by atoms with van der Waals surface area (Å²) in [6, 6.07) is 0.0729. The second-order valence-electron chi connectivity index (χ2n) is 6.59. The van der Waals surface area contributed by atoms with E-state index in [1.165, 1.54) is 12.8 Å². The van der Waals surface area contributed by atoms with Crippen molar-refractivity contribution in [1.82, 2.24) is 9.80 Å². The van der Waals surface area contributed by atoms with E-state index in [4.69, 9.17) is 4.74 Å².